The van der Waals surface area contributed by atoms with Gasteiger partial charge in [0.2, 0.25) is 0 Å². The first-order valence-corrected chi connectivity index (χ1v) is 13.3. The molecule has 8 nitrogen and oxygen atoms in total. The lowest BCUT2D eigenvalue weighted by Crippen LogP contribution is -2.61. The topological polar surface area (TPSA) is 85.3 Å². The van der Waals surface area contributed by atoms with Crippen LogP contribution in [0.2, 0.25) is 0 Å². The van der Waals surface area contributed by atoms with Gasteiger partial charge in [0.25, 0.3) is 0 Å². The number of para-hydroxylation sites is 1. The summed E-state index contributed by atoms with van der Waals surface area (Å²) in [6.07, 6.45) is 10.2. The smallest absolute Gasteiger partial charge is 0.343 e. The molecule has 0 aromatic heterocycles. The normalized spacial score (nSPS) is 23.4. The zero-order valence-corrected chi connectivity index (χ0v) is 21.5. The Morgan fingerprint density at radius 3 is 2.37 bits per heavy atom. The molecule has 0 radical (unpaired) electrons. The van der Waals surface area contributed by atoms with Crippen LogP contribution in [0, 0.1) is 0 Å². The maximum atomic E-state index is 13.9. The fraction of sp³-hybridized carbons (Fsp3) is 0.704. The van der Waals surface area contributed by atoms with Gasteiger partial charge in [0.15, 0.2) is 6.17 Å². The van der Waals surface area contributed by atoms with Gasteiger partial charge in [-0.15, -0.1) is 0 Å². The Bertz CT molecular complexity index is 880. The van der Waals surface area contributed by atoms with E-state index in [0.29, 0.717) is 13.0 Å². The number of hydroxylamine groups is 2. The molecule has 1 heterocycles. The monoisotopic (exact) mass is 486 g/mol. The number of carbonyl (C=O) groups excluding carboxylic acids is 2. The number of carbonyl (C=O) groups is 2. The maximum Gasteiger partial charge on any atom is 0.343 e. The number of benzene rings is 1. The number of rotatable bonds is 7. The molecule has 194 valence electrons. The lowest BCUT2D eigenvalue weighted by atomic mass is 9.92. The van der Waals surface area contributed by atoms with E-state index in [1.165, 1.54) is 6.42 Å². The zero-order chi connectivity index (χ0) is 25.0. The van der Waals surface area contributed by atoms with E-state index in [9.17, 15) is 14.8 Å². The molecule has 0 bridgehead atoms. The lowest BCUT2D eigenvalue weighted by molar-refractivity contribution is -0.141. The van der Waals surface area contributed by atoms with Crippen molar-refractivity contribution in [2.45, 2.75) is 108 Å². The van der Waals surface area contributed by atoms with E-state index >= 15 is 0 Å². The molecule has 1 saturated heterocycles. The molecule has 1 aliphatic heterocycles. The predicted octanol–water partition coefficient (Wildman–Crippen LogP) is 5.15. The molecule has 2 aliphatic carbocycles. The van der Waals surface area contributed by atoms with Crippen molar-refractivity contribution in [1.29, 1.82) is 0 Å². The molecule has 2 N–H and O–H groups in total. The van der Waals surface area contributed by atoms with Crippen molar-refractivity contribution in [3.05, 3.63) is 29.8 Å². The molecular weight excluding hydrogens is 444 g/mol. The van der Waals surface area contributed by atoms with Crippen LogP contribution < -0.4 is 10.1 Å². The van der Waals surface area contributed by atoms with Crippen molar-refractivity contribution in [2.24, 2.45) is 0 Å². The molecule has 8 heteroatoms. The quantitative estimate of drug-likeness (QED) is 0.412. The summed E-state index contributed by atoms with van der Waals surface area (Å²) in [6.45, 7) is 4.39. The third-order valence-electron chi connectivity index (χ3n) is 8.18. The largest absolute Gasteiger partial charge is 0.496 e. The summed E-state index contributed by atoms with van der Waals surface area (Å²) in [6, 6.07) is 7.33. The van der Waals surface area contributed by atoms with Gasteiger partial charge in [-0.05, 0) is 57.6 Å². The van der Waals surface area contributed by atoms with Crippen molar-refractivity contribution in [1.82, 2.24) is 20.2 Å². The van der Waals surface area contributed by atoms with E-state index < -0.39 is 17.7 Å². The standard InChI is InChI=1S/C27H42N4O4/c1-27(2)24(31(34)25(32)28-21-13-6-4-7-14-21)30(22-15-8-5-9-16-22)26(33)29(27)19-18-20-12-10-11-17-23(20)35-3/h10-12,17,21-22,24,34H,4-9,13-16,18-19H2,1-3H3,(H,28,32)/t24-/m0/s1. The van der Waals surface area contributed by atoms with Gasteiger partial charge in [0.05, 0.1) is 12.6 Å². The van der Waals surface area contributed by atoms with E-state index in [2.05, 4.69) is 5.32 Å². The van der Waals surface area contributed by atoms with Crippen LogP contribution in [-0.2, 0) is 6.42 Å². The van der Waals surface area contributed by atoms with Gasteiger partial charge in [0.1, 0.15) is 5.75 Å². The predicted molar refractivity (Wildman–Crippen MR) is 134 cm³/mol. The van der Waals surface area contributed by atoms with Gasteiger partial charge in [0, 0.05) is 18.6 Å². The van der Waals surface area contributed by atoms with Crippen molar-refractivity contribution < 1.29 is 19.5 Å². The number of hydrogen-bond donors (Lipinski definition) is 2. The molecule has 1 aromatic rings. The highest BCUT2D eigenvalue weighted by Crippen LogP contribution is 2.39. The molecule has 0 spiro atoms. The lowest BCUT2D eigenvalue weighted by Gasteiger charge is -2.42. The second-order valence-electron chi connectivity index (χ2n) is 10.9. The Kier molecular flexibility index (Phi) is 8.09. The Balaban J connectivity index is 1.56. The minimum Gasteiger partial charge on any atom is -0.496 e. The summed E-state index contributed by atoms with van der Waals surface area (Å²) in [5, 5.41) is 15.1. The Hall–Kier alpha value is -2.48. The average molecular weight is 487 g/mol. The second kappa shape index (κ2) is 11.1. The first-order chi connectivity index (χ1) is 16.8. The van der Waals surface area contributed by atoms with E-state index in [1.807, 2.05) is 43.0 Å². The van der Waals surface area contributed by atoms with Crippen LogP contribution in [0.25, 0.3) is 0 Å². The van der Waals surface area contributed by atoms with Crippen molar-refractivity contribution in [2.75, 3.05) is 13.7 Å². The van der Waals surface area contributed by atoms with E-state index in [0.717, 1.165) is 74.2 Å². The Morgan fingerprint density at radius 2 is 1.71 bits per heavy atom. The van der Waals surface area contributed by atoms with Crippen LogP contribution in [0.3, 0.4) is 0 Å². The number of nitrogens with zero attached hydrogens (tertiary/aromatic N) is 3. The Morgan fingerprint density at radius 1 is 1.09 bits per heavy atom. The molecule has 2 saturated carbocycles. The van der Waals surface area contributed by atoms with E-state index in [4.69, 9.17) is 4.74 Å². The number of hydrogen-bond acceptors (Lipinski definition) is 4. The molecule has 3 fully saturated rings. The van der Waals surface area contributed by atoms with Crippen molar-refractivity contribution in [3.8, 4) is 5.75 Å². The van der Waals surface area contributed by atoms with Gasteiger partial charge >= 0.3 is 12.1 Å². The fourth-order valence-corrected chi connectivity index (χ4v) is 6.23. The molecular formula is C27H42N4O4. The zero-order valence-electron chi connectivity index (χ0n) is 21.5. The first kappa shape index (κ1) is 25.6. The molecule has 1 atom stereocenters. The number of methoxy groups -OCH3 is 1. The molecule has 3 aliphatic rings. The number of ether oxygens (including phenoxy) is 1. The van der Waals surface area contributed by atoms with E-state index in [-0.39, 0.29) is 18.1 Å². The molecule has 4 amide bonds. The van der Waals surface area contributed by atoms with Gasteiger partial charge < -0.3 is 15.0 Å². The number of urea groups is 2. The summed E-state index contributed by atoms with van der Waals surface area (Å²) < 4.78 is 5.50. The maximum absolute atomic E-state index is 13.9. The highest BCUT2D eigenvalue weighted by Gasteiger charge is 2.57. The SMILES string of the molecule is COc1ccccc1CCN1C(=O)N(C2CCCCC2)[C@@H](N(O)C(=O)NC2CCCCC2)C1(C)C. The van der Waals surface area contributed by atoms with Crippen LogP contribution in [0.4, 0.5) is 9.59 Å². The second-order valence-corrected chi connectivity index (χ2v) is 10.9. The van der Waals surface area contributed by atoms with Gasteiger partial charge in [-0.1, -0.05) is 56.7 Å². The summed E-state index contributed by atoms with van der Waals surface area (Å²) in [5.74, 6) is 0.799. The third kappa shape index (κ3) is 5.37. The number of amides is 4. The fourth-order valence-electron chi connectivity index (χ4n) is 6.23. The first-order valence-electron chi connectivity index (χ1n) is 13.3. The number of nitrogens with one attached hydrogen (secondary N) is 1. The highest BCUT2D eigenvalue weighted by molar-refractivity contribution is 5.81. The summed E-state index contributed by atoms with van der Waals surface area (Å²) >= 11 is 0. The van der Waals surface area contributed by atoms with Crippen LogP contribution >= 0.6 is 0 Å². The molecule has 1 aromatic carbocycles. The minimum absolute atomic E-state index is 0.0221. The van der Waals surface area contributed by atoms with Crippen LogP contribution in [0.15, 0.2) is 24.3 Å². The van der Waals surface area contributed by atoms with Crippen LogP contribution in [0.1, 0.15) is 83.6 Å². The van der Waals surface area contributed by atoms with Crippen molar-refractivity contribution >= 4 is 12.1 Å². The third-order valence-corrected chi connectivity index (χ3v) is 8.18. The van der Waals surface area contributed by atoms with Crippen molar-refractivity contribution in [3.63, 3.8) is 0 Å². The molecule has 4 rings (SSSR count). The van der Waals surface area contributed by atoms with Crippen LogP contribution in [-0.4, -0.2) is 69.6 Å². The average Bonchev–Trinajstić information content (AvgIpc) is 3.07. The minimum atomic E-state index is -0.769. The molecule has 0 unspecified atom stereocenters. The van der Waals surface area contributed by atoms with Gasteiger partial charge in [-0.25, -0.2) is 9.59 Å². The molecule has 35 heavy (non-hydrogen) atoms. The highest BCUT2D eigenvalue weighted by atomic mass is 16.5. The summed E-state index contributed by atoms with van der Waals surface area (Å²) in [5.41, 5.74) is 0.261. The summed E-state index contributed by atoms with van der Waals surface area (Å²) in [7, 11) is 1.65. The Labute approximate surface area is 209 Å². The van der Waals surface area contributed by atoms with Crippen LogP contribution in [0.5, 0.6) is 5.75 Å². The summed E-state index contributed by atoms with van der Waals surface area (Å²) in [4.78, 5) is 30.7. The van der Waals surface area contributed by atoms with E-state index in [1.54, 1.807) is 12.0 Å². The van der Waals surface area contributed by atoms with Gasteiger partial charge in [-0.2, -0.15) is 5.06 Å². The van der Waals surface area contributed by atoms with Gasteiger partial charge in [-0.3, -0.25) is 10.1 Å².